The Morgan fingerprint density at radius 2 is 1.96 bits per heavy atom. The highest BCUT2D eigenvalue weighted by Gasteiger charge is 2.32. The van der Waals surface area contributed by atoms with Crippen LogP contribution in [0.5, 0.6) is 11.5 Å². The number of amides is 1. The average Bonchev–Trinajstić information content (AvgIpc) is 2.91. The van der Waals surface area contributed by atoms with Crippen LogP contribution in [-0.2, 0) is 21.1 Å². The monoisotopic (exact) mass is 341 g/mol. The standard InChI is InChI=1S/C16H23NO5S/c1-17(13-8-9-23(19,20)11-13)16(18)7-5-12-4-6-14(21-2)15(10-12)22-3/h4,6,10,13H,5,7-9,11H2,1-3H3/t13-/m1/s1. The maximum Gasteiger partial charge on any atom is 0.222 e. The number of nitrogens with zero attached hydrogens (tertiary/aromatic N) is 1. The highest BCUT2D eigenvalue weighted by atomic mass is 32.2. The van der Waals surface area contributed by atoms with E-state index >= 15 is 0 Å². The van der Waals surface area contributed by atoms with E-state index in [0.29, 0.717) is 30.8 Å². The van der Waals surface area contributed by atoms with Crippen molar-refractivity contribution >= 4 is 15.7 Å². The zero-order valence-corrected chi connectivity index (χ0v) is 14.6. The number of ether oxygens (including phenoxy) is 2. The van der Waals surface area contributed by atoms with Crippen LogP contribution >= 0.6 is 0 Å². The number of carbonyl (C=O) groups is 1. The van der Waals surface area contributed by atoms with Crippen LogP contribution in [0.1, 0.15) is 18.4 Å². The van der Waals surface area contributed by atoms with E-state index in [9.17, 15) is 13.2 Å². The first kappa shape index (κ1) is 17.6. The molecule has 1 saturated heterocycles. The number of benzene rings is 1. The molecule has 7 heteroatoms. The van der Waals surface area contributed by atoms with E-state index < -0.39 is 9.84 Å². The second-order valence-corrected chi connectivity index (χ2v) is 7.98. The molecular weight excluding hydrogens is 318 g/mol. The molecule has 0 radical (unpaired) electrons. The lowest BCUT2D eigenvalue weighted by atomic mass is 10.1. The average molecular weight is 341 g/mol. The van der Waals surface area contributed by atoms with Gasteiger partial charge in [0.15, 0.2) is 21.3 Å². The molecule has 2 rings (SSSR count). The first-order valence-corrected chi connectivity index (χ1v) is 9.35. The van der Waals surface area contributed by atoms with Crippen molar-refractivity contribution in [1.29, 1.82) is 0 Å². The van der Waals surface area contributed by atoms with Crippen LogP contribution in [0.2, 0.25) is 0 Å². The normalized spacial score (nSPS) is 19.3. The van der Waals surface area contributed by atoms with E-state index in [-0.39, 0.29) is 23.5 Å². The van der Waals surface area contributed by atoms with Crippen molar-refractivity contribution in [3.8, 4) is 11.5 Å². The van der Waals surface area contributed by atoms with Gasteiger partial charge in [-0.15, -0.1) is 0 Å². The summed E-state index contributed by atoms with van der Waals surface area (Å²) < 4.78 is 33.5. The molecule has 0 spiro atoms. The van der Waals surface area contributed by atoms with Crippen LogP contribution in [-0.4, -0.2) is 58.0 Å². The molecule has 1 atom stereocenters. The molecule has 128 valence electrons. The number of aryl methyl sites for hydroxylation is 1. The third-order valence-corrected chi connectivity index (χ3v) is 5.98. The Morgan fingerprint density at radius 1 is 1.26 bits per heavy atom. The van der Waals surface area contributed by atoms with Gasteiger partial charge in [0, 0.05) is 19.5 Å². The molecule has 0 N–H and O–H groups in total. The molecule has 0 aliphatic carbocycles. The van der Waals surface area contributed by atoms with Crippen LogP contribution in [0.4, 0.5) is 0 Å². The summed E-state index contributed by atoms with van der Waals surface area (Å²) in [4.78, 5) is 13.8. The summed E-state index contributed by atoms with van der Waals surface area (Å²) in [5.74, 6) is 1.49. The number of hydrogen-bond donors (Lipinski definition) is 0. The molecule has 1 aliphatic rings. The van der Waals surface area contributed by atoms with Crippen LogP contribution in [0.15, 0.2) is 18.2 Å². The molecule has 1 fully saturated rings. The van der Waals surface area contributed by atoms with Gasteiger partial charge in [0.1, 0.15) is 0 Å². The van der Waals surface area contributed by atoms with Crippen molar-refractivity contribution in [3.63, 3.8) is 0 Å². The maximum absolute atomic E-state index is 12.3. The van der Waals surface area contributed by atoms with E-state index in [1.807, 2.05) is 18.2 Å². The molecule has 0 aromatic heterocycles. The molecule has 0 saturated carbocycles. The quantitative estimate of drug-likeness (QED) is 0.779. The smallest absolute Gasteiger partial charge is 0.222 e. The lowest BCUT2D eigenvalue weighted by molar-refractivity contribution is -0.131. The molecule has 1 heterocycles. The minimum atomic E-state index is -2.98. The highest BCUT2D eigenvalue weighted by Crippen LogP contribution is 2.28. The lowest BCUT2D eigenvalue weighted by Crippen LogP contribution is -2.37. The van der Waals surface area contributed by atoms with Crippen molar-refractivity contribution in [2.45, 2.75) is 25.3 Å². The van der Waals surface area contributed by atoms with Gasteiger partial charge in [-0.1, -0.05) is 6.07 Å². The Balaban J connectivity index is 1.94. The zero-order chi connectivity index (χ0) is 17.0. The SMILES string of the molecule is COc1ccc(CCC(=O)N(C)[C@@H]2CCS(=O)(=O)C2)cc1OC. The Hall–Kier alpha value is -1.76. The summed E-state index contributed by atoms with van der Waals surface area (Å²) in [7, 11) is 1.85. The minimum Gasteiger partial charge on any atom is -0.493 e. The van der Waals surface area contributed by atoms with E-state index in [2.05, 4.69) is 0 Å². The van der Waals surface area contributed by atoms with Gasteiger partial charge in [-0.3, -0.25) is 4.79 Å². The molecule has 1 aromatic rings. The van der Waals surface area contributed by atoms with E-state index in [1.54, 1.807) is 26.2 Å². The third-order valence-electron chi connectivity index (χ3n) is 4.23. The van der Waals surface area contributed by atoms with E-state index in [4.69, 9.17) is 9.47 Å². The summed E-state index contributed by atoms with van der Waals surface area (Å²) in [6, 6.07) is 5.37. The van der Waals surface area contributed by atoms with Crippen molar-refractivity contribution in [3.05, 3.63) is 23.8 Å². The Labute approximate surface area is 137 Å². The topological polar surface area (TPSA) is 72.9 Å². The van der Waals surface area contributed by atoms with E-state index in [1.165, 1.54) is 0 Å². The Morgan fingerprint density at radius 3 is 2.52 bits per heavy atom. The predicted octanol–water partition coefficient (Wildman–Crippen LogP) is 1.28. The van der Waals surface area contributed by atoms with Crippen molar-refractivity contribution < 1.29 is 22.7 Å². The van der Waals surface area contributed by atoms with Crippen molar-refractivity contribution in [2.75, 3.05) is 32.8 Å². The summed E-state index contributed by atoms with van der Waals surface area (Å²) >= 11 is 0. The molecule has 23 heavy (non-hydrogen) atoms. The first-order chi connectivity index (χ1) is 10.9. The van der Waals surface area contributed by atoms with Gasteiger partial charge in [0.2, 0.25) is 5.91 Å². The molecule has 0 unspecified atom stereocenters. The van der Waals surface area contributed by atoms with E-state index in [0.717, 1.165) is 5.56 Å². The molecule has 1 amide bonds. The number of sulfone groups is 1. The van der Waals surface area contributed by atoms with Crippen LogP contribution in [0, 0.1) is 0 Å². The summed E-state index contributed by atoms with van der Waals surface area (Å²) in [6.45, 7) is 0. The van der Waals surface area contributed by atoms with Gasteiger partial charge in [-0.2, -0.15) is 0 Å². The van der Waals surface area contributed by atoms with Gasteiger partial charge >= 0.3 is 0 Å². The fourth-order valence-corrected chi connectivity index (χ4v) is 4.52. The molecule has 6 nitrogen and oxygen atoms in total. The lowest BCUT2D eigenvalue weighted by Gasteiger charge is -2.23. The van der Waals surface area contributed by atoms with Gasteiger partial charge in [-0.05, 0) is 30.5 Å². The molecule has 1 aromatic carbocycles. The number of carbonyl (C=O) groups excluding carboxylic acids is 1. The summed E-state index contributed by atoms with van der Waals surface area (Å²) in [5, 5.41) is 0. The minimum absolute atomic E-state index is 0.0399. The van der Waals surface area contributed by atoms with Crippen LogP contribution < -0.4 is 9.47 Å². The predicted molar refractivity (Wildman–Crippen MR) is 87.7 cm³/mol. The second-order valence-electron chi connectivity index (χ2n) is 5.75. The number of rotatable bonds is 6. The second kappa shape index (κ2) is 7.21. The van der Waals surface area contributed by atoms with Crippen LogP contribution in [0.3, 0.4) is 0 Å². The zero-order valence-electron chi connectivity index (χ0n) is 13.7. The Kier molecular flexibility index (Phi) is 5.51. The Bertz CT molecular complexity index is 671. The summed E-state index contributed by atoms with van der Waals surface area (Å²) in [5.41, 5.74) is 0.975. The van der Waals surface area contributed by atoms with Crippen molar-refractivity contribution in [2.24, 2.45) is 0 Å². The first-order valence-electron chi connectivity index (χ1n) is 7.53. The molecule has 1 aliphatic heterocycles. The van der Waals surface area contributed by atoms with Gasteiger partial charge in [0.25, 0.3) is 0 Å². The van der Waals surface area contributed by atoms with Gasteiger partial charge in [0.05, 0.1) is 25.7 Å². The van der Waals surface area contributed by atoms with Gasteiger partial charge in [-0.25, -0.2) is 8.42 Å². The largest absolute Gasteiger partial charge is 0.493 e. The molecular formula is C16H23NO5S. The summed E-state index contributed by atoms with van der Waals surface area (Å²) in [6.07, 6.45) is 1.44. The fraction of sp³-hybridized carbons (Fsp3) is 0.562. The fourth-order valence-electron chi connectivity index (χ4n) is 2.75. The number of hydrogen-bond acceptors (Lipinski definition) is 5. The maximum atomic E-state index is 12.3. The third kappa shape index (κ3) is 4.37. The molecule has 0 bridgehead atoms. The van der Waals surface area contributed by atoms with Gasteiger partial charge < -0.3 is 14.4 Å². The highest BCUT2D eigenvalue weighted by molar-refractivity contribution is 7.91. The van der Waals surface area contributed by atoms with Crippen molar-refractivity contribution in [1.82, 2.24) is 4.90 Å². The van der Waals surface area contributed by atoms with Crippen LogP contribution in [0.25, 0.3) is 0 Å². The number of methoxy groups -OCH3 is 2.